The maximum absolute atomic E-state index is 14.5. The van der Waals surface area contributed by atoms with E-state index in [4.69, 9.17) is 9.47 Å². The van der Waals surface area contributed by atoms with Gasteiger partial charge in [-0.15, -0.1) is 0 Å². The average Bonchev–Trinajstić information content (AvgIpc) is 3.10. The smallest absolute Gasteiger partial charge is 0.417 e. The molecule has 0 aliphatic carbocycles. The predicted octanol–water partition coefficient (Wildman–Crippen LogP) is 3.84. The Kier molecular flexibility index (Phi) is 7.86. The summed E-state index contributed by atoms with van der Waals surface area (Å²) in [6, 6.07) is 2.13. The normalized spacial score (nSPS) is 25.0. The lowest BCUT2D eigenvalue weighted by molar-refractivity contribution is -0.272. The molecule has 7 nitrogen and oxygen atoms in total. The number of carbonyl (C=O) groups is 1. The van der Waals surface area contributed by atoms with Crippen molar-refractivity contribution in [2.75, 3.05) is 26.1 Å². The fourth-order valence-electron chi connectivity index (χ4n) is 4.32. The van der Waals surface area contributed by atoms with Crippen molar-refractivity contribution in [3.8, 4) is 5.75 Å². The van der Waals surface area contributed by atoms with Gasteiger partial charge in [-0.3, -0.25) is 9.78 Å². The number of pyridine rings is 1. The Bertz CT molecular complexity index is 1130. The minimum Gasteiger partial charge on any atom is -0.493 e. The summed E-state index contributed by atoms with van der Waals surface area (Å²) in [6.07, 6.45) is -6.06. The molecule has 2 heterocycles. The summed E-state index contributed by atoms with van der Waals surface area (Å²) in [5, 5.41) is 14.4. The van der Waals surface area contributed by atoms with Gasteiger partial charge >= 0.3 is 6.18 Å². The van der Waals surface area contributed by atoms with Gasteiger partial charge in [-0.25, -0.2) is 8.78 Å². The molecule has 3 N–H and O–H groups in total. The number of ether oxygens (including phenoxy) is 2. The summed E-state index contributed by atoms with van der Waals surface area (Å²) in [5.41, 5.74) is -3.35. The standard InChI is InChI=1S/C23H25F6N3O4/c1-10-17(11-5-6-12(24)18(26)19(11)35-4)20(36-22(10,2)23(27,28)29)21(34)32-14-7-15(16(9-33)30-3)31-8-13(14)25/h5-8,10,16-17,20,30,33H,9H2,1-4H3,(H,31,32,34)/t10-,16-,17-,20+,22+/m0/s1. The van der Waals surface area contributed by atoms with Gasteiger partial charge in [-0.05, 0) is 26.1 Å². The Hall–Kier alpha value is -2.90. The fourth-order valence-corrected chi connectivity index (χ4v) is 4.32. The number of nitrogens with zero attached hydrogens (tertiary/aromatic N) is 1. The van der Waals surface area contributed by atoms with Crippen LogP contribution in [0.5, 0.6) is 5.75 Å². The third-order valence-corrected chi connectivity index (χ3v) is 6.59. The Morgan fingerprint density at radius 2 is 1.94 bits per heavy atom. The lowest BCUT2D eigenvalue weighted by atomic mass is 9.77. The molecule has 1 aliphatic heterocycles. The van der Waals surface area contributed by atoms with Crippen molar-refractivity contribution in [3.05, 3.63) is 53.1 Å². The van der Waals surface area contributed by atoms with Crippen molar-refractivity contribution < 1.29 is 45.7 Å². The summed E-state index contributed by atoms with van der Waals surface area (Å²) in [6.45, 7) is 1.50. The molecule has 1 aromatic heterocycles. The highest BCUT2D eigenvalue weighted by molar-refractivity contribution is 5.95. The van der Waals surface area contributed by atoms with Crippen molar-refractivity contribution in [1.82, 2.24) is 10.3 Å². The van der Waals surface area contributed by atoms with Crippen LogP contribution < -0.4 is 15.4 Å². The summed E-state index contributed by atoms with van der Waals surface area (Å²) in [7, 11) is 2.52. The van der Waals surface area contributed by atoms with Crippen LogP contribution in [-0.4, -0.2) is 54.6 Å². The summed E-state index contributed by atoms with van der Waals surface area (Å²) < 4.78 is 95.0. The van der Waals surface area contributed by atoms with Crippen LogP contribution in [0.15, 0.2) is 24.4 Å². The molecule has 0 saturated carbocycles. The molecule has 0 spiro atoms. The Balaban J connectivity index is 2.08. The van der Waals surface area contributed by atoms with E-state index >= 15 is 0 Å². The molecule has 198 valence electrons. The molecule has 0 unspecified atom stereocenters. The first-order valence-electron chi connectivity index (χ1n) is 10.8. The number of carbonyl (C=O) groups excluding carboxylic acids is 1. The molecule has 36 heavy (non-hydrogen) atoms. The Morgan fingerprint density at radius 1 is 1.28 bits per heavy atom. The number of hydrogen-bond acceptors (Lipinski definition) is 6. The zero-order valence-electron chi connectivity index (χ0n) is 19.7. The highest BCUT2D eigenvalue weighted by Crippen LogP contribution is 2.55. The molecule has 1 aromatic carbocycles. The zero-order valence-corrected chi connectivity index (χ0v) is 19.7. The van der Waals surface area contributed by atoms with Crippen LogP contribution in [0, 0.1) is 23.4 Å². The summed E-state index contributed by atoms with van der Waals surface area (Å²) in [4.78, 5) is 17.1. The predicted molar refractivity (Wildman–Crippen MR) is 116 cm³/mol. The number of likely N-dealkylation sites (N-methyl/N-ethyl adjacent to an activating group) is 1. The van der Waals surface area contributed by atoms with E-state index in [0.717, 1.165) is 39.3 Å². The molecule has 1 aliphatic rings. The van der Waals surface area contributed by atoms with Gasteiger partial charge in [0.2, 0.25) is 5.82 Å². The van der Waals surface area contributed by atoms with E-state index in [2.05, 4.69) is 15.6 Å². The lowest BCUT2D eigenvalue weighted by Gasteiger charge is -2.32. The number of hydrogen-bond donors (Lipinski definition) is 3. The first-order valence-corrected chi connectivity index (χ1v) is 10.8. The van der Waals surface area contributed by atoms with Crippen molar-refractivity contribution in [2.45, 2.75) is 43.7 Å². The second-order valence-electron chi connectivity index (χ2n) is 8.54. The molecule has 2 aromatic rings. The molecular formula is C23H25F6N3O4. The molecule has 0 bridgehead atoms. The van der Waals surface area contributed by atoms with Crippen molar-refractivity contribution >= 4 is 11.6 Å². The highest BCUT2D eigenvalue weighted by atomic mass is 19.4. The van der Waals surface area contributed by atoms with Gasteiger partial charge in [0.05, 0.1) is 37.3 Å². The van der Waals surface area contributed by atoms with Crippen LogP contribution >= 0.6 is 0 Å². The number of benzene rings is 1. The van der Waals surface area contributed by atoms with Gasteiger partial charge in [0.15, 0.2) is 23.0 Å². The number of methoxy groups -OCH3 is 1. The van der Waals surface area contributed by atoms with Crippen LogP contribution in [0.1, 0.15) is 37.1 Å². The first-order chi connectivity index (χ1) is 16.8. The van der Waals surface area contributed by atoms with E-state index in [0.29, 0.717) is 6.07 Å². The van der Waals surface area contributed by atoms with E-state index < -0.39 is 77.2 Å². The molecule has 13 heteroatoms. The Labute approximate surface area is 202 Å². The third kappa shape index (κ3) is 4.74. The molecule has 1 fully saturated rings. The zero-order chi connectivity index (χ0) is 27.0. The van der Waals surface area contributed by atoms with Crippen LogP contribution in [0.4, 0.5) is 32.0 Å². The van der Waals surface area contributed by atoms with Crippen LogP contribution in [-0.2, 0) is 9.53 Å². The lowest BCUT2D eigenvalue weighted by Crippen LogP contribution is -2.47. The molecule has 0 radical (unpaired) electrons. The summed E-state index contributed by atoms with van der Waals surface area (Å²) in [5.74, 6) is -8.47. The second kappa shape index (κ2) is 10.2. The monoisotopic (exact) mass is 521 g/mol. The topological polar surface area (TPSA) is 92.7 Å². The number of aliphatic hydroxyl groups is 1. The van der Waals surface area contributed by atoms with E-state index in [1.54, 1.807) is 0 Å². The van der Waals surface area contributed by atoms with Crippen LogP contribution in [0.2, 0.25) is 0 Å². The number of alkyl halides is 3. The number of halogens is 6. The van der Waals surface area contributed by atoms with Gasteiger partial charge in [0.25, 0.3) is 5.91 Å². The largest absolute Gasteiger partial charge is 0.493 e. The van der Waals surface area contributed by atoms with Crippen molar-refractivity contribution in [1.29, 1.82) is 0 Å². The van der Waals surface area contributed by atoms with E-state index in [1.165, 1.54) is 7.05 Å². The minimum absolute atomic E-state index is 0.149. The maximum atomic E-state index is 14.5. The quantitative estimate of drug-likeness (QED) is 0.480. The third-order valence-electron chi connectivity index (χ3n) is 6.59. The maximum Gasteiger partial charge on any atom is 0.417 e. The van der Waals surface area contributed by atoms with Crippen molar-refractivity contribution in [3.63, 3.8) is 0 Å². The van der Waals surface area contributed by atoms with Crippen LogP contribution in [0.25, 0.3) is 0 Å². The van der Waals surface area contributed by atoms with Gasteiger partial charge in [-0.1, -0.05) is 13.0 Å². The number of rotatable bonds is 7. The van der Waals surface area contributed by atoms with Gasteiger partial charge in [-0.2, -0.15) is 17.6 Å². The molecular weight excluding hydrogens is 496 g/mol. The fraction of sp³-hybridized carbons (Fsp3) is 0.478. The Morgan fingerprint density at radius 3 is 2.50 bits per heavy atom. The van der Waals surface area contributed by atoms with Crippen LogP contribution in [0.3, 0.4) is 0 Å². The van der Waals surface area contributed by atoms with E-state index in [9.17, 15) is 36.2 Å². The number of amides is 1. The van der Waals surface area contributed by atoms with Crippen molar-refractivity contribution in [2.24, 2.45) is 5.92 Å². The first kappa shape index (κ1) is 27.7. The van der Waals surface area contributed by atoms with Gasteiger partial charge in [0, 0.05) is 17.4 Å². The number of aliphatic hydroxyl groups excluding tert-OH is 1. The number of aromatic nitrogens is 1. The molecule has 5 atom stereocenters. The summed E-state index contributed by atoms with van der Waals surface area (Å²) >= 11 is 0. The minimum atomic E-state index is -4.94. The SMILES string of the molecule is CN[C@@H](CO)c1cc(NC(=O)[C@@H]2O[C@@](C)(C(F)(F)F)[C@@H](C)[C@H]2c2ccc(F)c(F)c2OC)c(F)cn1. The number of nitrogens with one attached hydrogen (secondary N) is 2. The van der Waals surface area contributed by atoms with Gasteiger partial charge in [0.1, 0.15) is 6.10 Å². The number of anilines is 1. The second-order valence-corrected chi connectivity index (χ2v) is 8.54. The van der Waals surface area contributed by atoms with E-state index in [1.807, 2.05) is 0 Å². The average molecular weight is 521 g/mol. The molecule has 1 saturated heterocycles. The molecule has 1 amide bonds. The molecule has 3 rings (SSSR count). The van der Waals surface area contributed by atoms with E-state index in [-0.39, 0.29) is 11.3 Å². The highest BCUT2D eigenvalue weighted by Gasteiger charge is 2.66. The van der Waals surface area contributed by atoms with Gasteiger partial charge < -0.3 is 25.2 Å².